The van der Waals surface area contributed by atoms with Crippen molar-refractivity contribution in [2.45, 2.75) is 13.5 Å². The van der Waals surface area contributed by atoms with Gasteiger partial charge in [-0.1, -0.05) is 96.0 Å². The zero-order valence-corrected chi connectivity index (χ0v) is 25.4. The first-order valence-electron chi connectivity index (χ1n) is 14.8. The van der Waals surface area contributed by atoms with Gasteiger partial charge in [-0.3, -0.25) is 9.59 Å². The van der Waals surface area contributed by atoms with Gasteiger partial charge in [0.1, 0.15) is 6.54 Å². The first-order valence-corrected chi connectivity index (χ1v) is 15.1. The van der Waals surface area contributed by atoms with Crippen molar-refractivity contribution in [3.05, 3.63) is 136 Å². The number of aromatic nitrogens is 5. The Bertz CT molecular complexity index is 2540. The third kappa shape index (κ3) is 4.76. The fourth-order valence-electron chi connectivity index (χ4n) is 5.88. The van der Waals surface area contributed by atoms with Crippen molar-refractivity contribution in [1.82, 2.24) is 24.4 Å². The lowest BCUT2D eigenvalue weighted by atomic mass is 10.0. The summed E-state index contributed by atoms with van der Waals surface area (Å²) in [5.41, 5.74) is 6.88. The zero-order chi connectivity index (χ0) is 31.4. The molecular weight excluding hydrogens is 596 g/mol. The van der Waals surface area contributed by atoms with E-state index in [9.17, 15) is 9.59 Å². The minimum Gasteiger partial charge on any atom is -0.324 e. The number of fused-ring (bicyclic) bond motifs is 6. The lowest BCUT2D eigenvalue weighted by Gasteiger charge is -2.12. The van der Waals surface area contributed by atoms with Crippen molar-refractivity contribution in [3.8, 4) is 22.5 Å². The quantitative estimate of drug-likeness (QED) is 0.213. The summed E-state index contributed by atoms with van der Waals surface area (Å²) >= 11 is 6.10. The second kappa shape index (κ2) is 10.9. The third-order valence-electron chi connectivity index (χ3n) is 8.14. The lowest BCUT2D eigenvalue weighted by molar-refractivity contribution is -0.117. The van der Waals surface area contributed by atoms with Crippen LogP contribution in [-0.4, -0.2) is 30.3 Å². The SMILES string of the molecule is Cc1ccc(-c2nn3c4ccc(NC(=O)Cn5nc(-c6ccc(Cl)cc6)c6ccccc6c5=O)cc4nc3c3ccccc23)cc1. The summed E-state index contributed by atoms with van der Waals surface area (Å²) < 4.78 is 3.06. The molecule has 8 rings (SSSR count). The molecule has 5 aromatic carbocycles. The number of carbonyl (C=O) groups is 1. The second-order valence-corrected chi connectivity index (χ2v) is 11.7. The Morgan fingerprint density at radius 2 is 1.35 bits per heavy atom. The van der Waals surface area contributed by atoms with Gasteiger partial charge in [0.25, 0.3) is 5.56 Å². The van der Waals surface area contributed by atoms with Gasteiger partial charge in [-0.15, -0.1) is 0 Å². The molecule has 46 heavy (non-hydrogen) atoms. The van der Waals surface area contributed by atoms with Crippen molar-refractivity contribution in [2.75, 3.05) is 5.32 Å². The second-order valence-electron chi connectivity index (χ2n) is 11.2. The van der Waals surface area contributed by atoms with Crippen LogP contribution in [0, 0.1) is 6.92 Å². The molecule has 0 radical (unpaired) electrons. The number of benzene rings is 5. The Hall–Kier alpha value is -5.86. The van der Waals surface area contributed by atoms with E-state index >= 15 is 0 Å². The third-order valence-corrected chi connectivity index (χ3v) is 8.39. The van der Waals surface area contributed by atoms with Crippen LogP contribution in [0.15, 0.2) is 120 Å². The van der Waals surface area contributed by atoms with E-state index in [-0.39, 0.29) is 18.0 Å². The molecule has 0 aliphatic heterocycles. The average molecular weight is 621 g/mol. The Morgan fingerprint density at radius 1 is 0.739 bits per heavy atom. The van der Waals surface area contributed by atoms with E-state index in [1.54, 1.807) is 24.3 Å². The van der Waals surface area contributed by atoms with Gasteiger partial charge in [-0.25, -0.2) is 14.2 Å². The van der Waals surface area contributed by atoms with Gasteiger partial charge >= 0.3 is 0 Å². The maximum Gasteiger partial charge on any atom is 0.275 e. The highest BCUT2D eigenvalue weighted by atomic mass is 35.5. The molecule has 0 aliphatic carbocycles. The van der Waals surface area contributed by atoms with E-state index < -0.39 is 0 Å². The van der Waals surface area contributed by atoms with Crippen LogP contribution < -0.4 is 10.9 Å². The van der Waals surface area contributed by atoms with E-state index in [1.165, 1.54) is 10.2 Å². The monoisotopic (exact) mass is 620 g/mol. The number of carbonyl (C=O) groups excluding carboxylic acids is 1. The summed E-state index contributed by atoms with van der Waals surface area (Å²) in [4.78, 5) is 31.6. The number of anilines is 1. The molecule has 0 bridgehead atoms. The lowest BCUT2D eigenvalue weighted by Crippen LogP contribution is -2.30. The van der Waals surface area contributed by atoms with E-state index in [0.29, 0.717) is 32.7 Å². The highest BCUT2D eigenvalue weighted by molar-refractivity contribution is 6.30. The number of amides is 1. The van der Waals surface area contributed by atoms with E-state index in [0.717, 1.165) is 38.8 Å². The van der Waals surface area contributed by atoms with Crippen LogP contribution in [0.2, 0.25) is 5.02 Å². The molecule has 0 spiro atoms. The van der Waals surface area contributed by atoms with Crippen LogP contribution in [0.5, 0.6) is 0 Å². The predicted molar refractivity (Wildman–Crippen MR) is 183 cm³/mol. The molecule has 0 saturated heterocycles. The molecule has 8 aromatic rings. The topological polar surface area (TPSA) is 94.2 Å². The van der Waals surface area contributed by atoms with Crippen LogP contribution >= 0.6 is 11.6 Å². The van der Waals surface area contributed by atoms with Gasteiger partial charge in [0.15, 0.2) is 5.65 Å². The molecule has 1 N–H and O–H groups in total. The number of rotatable bonds is 5. The maximum atomic E-state index is 13.4. The fraction of sp³-hybridized carbons (Fsp3) is 0.0541. The fourth-order valence-corrected chi connectivity index (χ4v) is 6.01. The standard InChI is InChI=1S/C37H25ClN6O2/c1-22-10-12-23(13-11-22)35-27-6-2-4-8-29(27)36-40-31-20-26(18-19-32(31)44(36)42-35)39-33(45)21-43-37(46)30-9-5-3-7-28(30)34(41-43)24-14-16-25(38)17-15-24/h2-20H,21H2,1H3,(H,39,45). The molecule has 3 heterocycles. The van der Waals surface area contributed by atoms with E-state index in [1.807, 2.05) is 65.2 Å². The predicted octanol–water partition coefficient (Wildman–Crippen LogP) is 7.68. The average Bonchev–Trinajstić information content (AvgIpc) is 3.44. The first kappa shape index (κ1) is 27.7. The van der Waals surface area contributed by atoms with Crippen molar-refractivity contribution in [2.24, 2.45) is 0 Å². The van der Waals surface area contributed by atoms with Crippen LogP contribution in [0.4, 0.5) is 5.69 Å². The first-order chi connectivity index (χ1) is 22.4. The Morgan fingerprint density at radius 3 is 2.07 bits per heavy atom. The molecular formula is C37H25ClN6O2. The van der Waals surface area contributed by atoms with Gasteiger partial charge < -0.3 is 5.32 Å². The number of halogens is 1. The molecule has 9 heteroatoms. The summed E-state index contributed by atoms with van der Waals surface area (Å²) in [5.74, 6) is -0.389. The molecule has 0 atom stereocenters. The number of imidazole rings is 1. The van der Waals surface area contributed by atoms with Crippen LogP contribution in [0.25, 0.3) is 60.7 Å². The van der Waals surface area contributed by atoms with Gasteiger partial charge in [-0.05, 0) is 43.3 Å². The molecule has 3 aromatic heterocycles. The van der Waals surface area contributed by atoms with Gasteiger partial charge in [-0.2, -0.15) is 10.2 Å². The van der Waals surface area contributed by atoms with Crippen molar-refractivity contribution < 1.29 is 4.79 Å². The summed E-state index contributed by atoms with van der Waals surface area (Å²) in [6, 6.07) is 36.4. The highest BCUT2D eigenvalue weighted by Crippen LogP contribution is 2.32. The Kier molecular flexibility index (Phi) is 6.58. The molecule has 0 aliphatic rings. The largest absolute Gasteiger partial charge is 0.324 e. The Labute approximate surface area is 267 Å². The minimum absolute atomic E-state index is 0.264. The number of nitrogens with one attached hydrogen (secondary N) is 1. The smallest absolute Gasteiger partial charge is 0.275 e. The van der Waals surface area contributed by atoms with Crippen LogP contribution in [0.1, 0.15) is 5.56 Å². The van der Waals surface area contributed by atoms with Gasteiger partial charge in [0, 0.05) is 38.0 Å². The van der Waals surface area contributed by atoms with Crippen LogP contribution in [-0.2, 0) is 11.3 Å². The molecule has 0 fully saturated rings. The van der Waals surface area contributed by atoms with Crippen molar-refractivity contribution in [1.29, 1.82) is 0 Å². The molecule has 8 nitrogen and oxygen atoms in total. The number of hydrogen-bond acceptors (Lipinski definition) is 5. The van der Waals surface area contributed by atoms with Crippen molar-refractivity contribution in [3.63, 3.8) is 0 Å². The summed E-state index contributed by atoms with van der Waals surface area (Å²) in [5, 5.41) is 16.3. The molecule has 0 unspecified atom stereocenters. The number of aryl methyl sites for hydroxylation is 1. The zero-order valence-electron chi connectivity index (χ0n) is 24.6. The van der Waals surface area contributed by atoms with Gasteiger partial charge in [0.05, 0.1) is 27.8 Å². The summed E-state index contributed by atoms with van der Waals surface area (Å²) in [7, 11) is 0. The van der Waals surface area contributed by atoms with E-state index in [2.05, 4.69) is 47.7 Å². The Balaban J connectivity index is 1.15. The van der Waals surface area contributed by atoms with E-state index in [4.69, 9.17) is 21.7 Å². The number of hydrogen-bond donors (Lipinski definition) is 1. The molecule has 222 valence electrons. The van der Waals surface area contributed by atoms with Crippen molar-refractivity contribution >= 4 is 61.4 Å². The summed E-state index contributed by atoms with van der Waals surface area (Å²) in [6.07, 6.45) is 0. The van der Waals surface area contributed by atoms with Crippen LogP contribution in [0.3, 0.4) is 0 Å². The maximum absolute atomic E-state index is 13.4. The van der Waals surface area contributed by atoms with Gasteiger partial charge in [0.2, 0.25) is 5.91 Å². The highest BCUT2D eigenvalue weighted by Gasteiger charge is 2.17. The summed E-state index contributed by atoms with van der Waals surface area (Å²) in [6.45, 7) is 1.80. The minimum atomic E-state index is -0.389. The number of nitrogens with zero attached hydrogens (tertiary/aromatic N) is 5. The normalized spacial score (nSPS) is 11.5. The molecule has 1 amide bonds. The molecule has 0 saturated carbocycles.